The van der Waals surface area contributed by atoms with Crippen LogP contribution in [0.2, 0.25) is 5.02 Å². The fourth-order valence-corrected chi connectivity index (χ4v) is 3.99. The number of nitrogens with zero attached hydrogens (tertiary/aromatic N) is 5. The van der Waals surface area contributed by atoms with Crippen LogP contribution < -0.4 is 0 Å². The minimum Gasteiger partial charge on any atom is -0.327 e. The van der Waals surface area contributed by atoms with Gasteiger partial charge in [0.25, 0.3) is 0 Å². The van der Waals surface area contributed by atoms with E-state index in [4.69, 9.17) is 11.6 Å². The van der Waals surface area contributed by atoms with E-state index in [0.29, 0.717) is 16.6 Å². The van der Waals surface area contributed by atoms with Crippen molar-refractivity contribution in [2.45, 2.75) is 39.2 Å². The van der Waals surface area contributed by atoms with Crippen molar-refractivity contribution < 1.29 is 0 Å². The van der Waals surface area contributed by atoms with Gasteiger partial charge in [-0.15, -0.1) is 0 Å². The van der Waals surface area contributed by atoms with Gasteiger partial charge in [-0.25, -0.2) is 9.97 Å². The zero-order valence-corrected chi connectivity index (χ0v) is 15.4. The van der Waals surface area contributed by atoms with Gasteiger partial charge in [0, 0.05) is 17.1 Å². The fourth-order valence-electron chi connectivity index (χ4n) is 3.79. The first-order valence-electron chi connectivity index (χ1n) is 9.03. The van der Waals surface area contributed by atoms with Crippen LogP contribution in [-0.2, 0) is 6.54 Å². The van der Waals surface area contributed by atoms with E-state index in [0.717, 1.165) is 29.2 Å². The molecule has 0 atom stereocenters. The summed E-state index contributed by atoms with van der Waals surface area (Å²) < 4.78 is 2.15. The van der Waals surface area contributed by atoms with E-state index >= 15 is 0 Å². The molecule has 0 amide bonds. The Bertz CT molecular complexity index is 980. The van der Waals surface area contributed by atoms with Crippen molar-refractivity contribution in [3.8, 4) is 17.3 Å². The van der Waals surface area contributed by atoms with E-state index in [2.05, 4.69) is 26.4 Å². The lowest BCUT2D eigenvalue weighted by Crippen LogP contribution is -2.17. The highest BCUT2D eigenvalue weighted by Gasteiger charge is 2.21. The van der Waals surface area contributed by atoms with Gasteiger partial charge in [-0.3, -0.25) is 0 Å². The molecule has 0 spiro atoms. The van der Waals surface area contributed by atoms with Gasteiger partial charge in [0.1, 0.15) is 17.3 Å². The van der Waals surface area contributed by atoms with Crippen molar-refractivity contribution >= 4 is 22.8 Å². The van der Waals surface area contributed by atoms with Crippen LogP contribution in [0.15, 0.2) is 30.6 Å². The summed E-state index contributed by atoms with van der Waals surface area (Å²) in [5, 5.41) is 9.92. The van der Waals surface area contributed by atoms with Gasteiger partial charge in [-0.2, -0.15) is 10.2 Å². The Balaban J connectivity index is 1.79. The van der Waals surface area contributed by atoms with E-state index in [9.17, 15) is 5.26 Å². The van der Waals surface area contributed by atoms with Gasteiger partial charge in [0.15, 0.2) is 5.65 Å². The third-order valence-corrected chi connectivity index (χ3v) is 5.50. The van der Waals surface area contributed by atoms with Crippen molar-refractivity contribution in [2.75, 3.05) is 0 Å². The molecule has 0 aliphatic heterocycles. The summed E-state index contributed by atoms with van der Waals surface area (Å²) in [6.07, 6.45) is 6.88. The van der Waals surface area contributed by atoms with Crippen LogP contribution in [0.1, 0.15) is 38.4 Å². The summed E-state index contributed by atoms with van der Waals surface area (Å²) in [7, 11) is 0. The van der Waals surface area contributed by atoms with Crippen molar-refractivity contribution in [3.05, 3.63) is 41.4 Å². The van der Waals surface area contributed by atoms with E-state index in [1.165, 1.54) is 25.7 Å². The number of rotatable bonds is 3. The van der Waals surface area contributed by atoms with Crippen LogP contribution >= 0.6 is 11.6 Å². The Labute approximate surface area is 157 Å². The average Bonchev–Trinajstić information content (AvgIpc) is 3.05. The molecule has 6 heteroatoms. The minimum atomic E-state index is 0.129. The number of hydrogen-bond acceptors (Lipinski definition) is 4. The number of aromatic nitrogens is 4. The maximum Gasteiger partial charge on any atom is 0.234 e. The first kappa shape index (κ1) is 17.0. The van der Waals surface area contributed by atoms with Gasteiger partial charge in [0.2, 0.25) is 5.82 Å². The van der Waals surface area contributed by atoms with Crippen molar-refractivity contribution in [3.63, 3.8) is 0 Å². The number of benzene rings is 1. The van der Waals surface area contributed by atoms with E-state index in [-0.39, 0.29) is 5.82 Å². The summed E-state index contributed by atoms with van der Waals surface area (Å²) in [5.41, 5.74) is 3.04. The molecular formula is C20H20ClN5. The molecule has 4 rings (SSSR count). The smallest absolute Gasteiger partial charge is 0.234 e. The Morgan fingerprint density at radius 2 is 2.04 bits per heavy atom. The third kappa shape index (κ3) is 3.30. The van der Waals surface area contributed by atoms with Crippen LogP contribution in [0.4, 0.5) is 0 Å². The summed E-state index contributed by atoms with van der Waals surface area (Å²) in [4.78, 5) is 13.2. The number of hydrogen-bond donors (Lipinski definition) is 0. The monoisotopic (exact) mass is 365 g/mol. The molecule has 0 radical (unpaired) electrons. The largest absolute Gasteiger partial charge is 0.327 e. The molecule has 2 aromatic heterocycles. The molecular weight excluding hydrogens is 346 g/mol. The lowest BCUT2D eigenvalue weighted by Gasteiger charge is -2.26. The number of halogens is 1. The molecule has 0 saturated heterocycles. The lowest BCUT2D eigenvalue weighted by molar-refractivity contribution is 0.266. The molecule has 0 unspecified atom stereocenters. The van der Waals surface area contributed by atoms with Gasteiger partial charge in [-0.1, -0.05) is 43.5 Å². The van der Waals surface area contributed by atoms with Crippen molar-refractivity contribution in [1.29, 1.82) is 5.26 Å². The van der Waals surface area contributed by atoms with Crippen LogP contribution in [0.3, 0.4) is 0 Å². The first-order valence-corrected chi connectivity index (χ1v) is 9.40. The zero-order valence-electron chi connectivity index (χ0n) is 14.7. The van der Waals surface area contributed by atoms with Crippen LogP contribution in [-0.4, -0.2) is 19.5 Å². The first-order chi connectivity index (χ1) is 12.6. The van der Waals surface area contributed by atoms with Gasteiger partial charge in [-0.05, 0) is 36.8 Å². The molecule has 1 aliphatic rings. The number of fused-ring (bicyclic) bond motifs is 1. The van der Waals surface area contributed by atoms with Crippen LogP contribution in [0, 0.1) is 23.2 Å². The SMILES string of the molecule is C[C@H]1CC[C@H](Cn2cnc3nc(C#N)nc(-c4cccc(Cl)c4)c32)CC1. The lowest BCUT2D eigenvalue weighted by atomic mass is 9.83. The average molecular weight is 366 g/mol. The second kappa shape index (κ2) is 7.05. The van der Waals surface area contributed by atoms with E-state index in [1.807, 2.05) is 36.7 Å². The predicted molar refractivity (Wildman–Crippen MR) is 102 cm³/mol. The summed E-state index contributed by atoms with van der Waals surface area (Å²) in [5.74, 6) is 1.60. The summed E-state index contributed by atoms with van der Waals surface area (Å²) in [6.45, 7) is 3.24. The molecule has 1 saturated carbocycles. The summed E-state index contributed by atoms with van der Waals surface area (Å²) in [6, 6.07) is 9.57. The van der Waals surface area contributed by atoms with E-state index < -0.39 is 0 Å². The van der Waals surface area contributed by atoms with E-state index in [1.54, 1.807) is 0 Å². The quantitative estimate of drug-likeness (QED) is 0.665. The Morgan fingerprint density at radius 3 is 2.77 bits per heavy atom. The maximum atomic E-state index is 9.28. The molecule has 0 bridgehead atoms. The molecule has 2 heterocycles. The minimum absolute atomic E-state index is 0.129. The van der Waals surface area contributed by atoms with Crippen LogP contribution in [0.25, 0.3) is 22.4 Å². The molecule has 1 fully saturated rings. The topological polar surface area (TPSA) is 67.4 Å². The van der Waals surface area contributed by atoms with Gasteiger partial charge >= 0.3 is 0 Å². The number of imidazole rings is 1. The Hall–Kier alpha value is -2.45. The molecule has 3 aromatic rings. The molecule has 26 heavy (non-hydrogen) atoms. The molecule has 1 aromatic carbocycles. The molecule has 1 aliphatic carbocycles. The Morgan fingerprint density at radius 1 is 1.23 bits per heavy atom. The standard InChI is InChI=1S/C20H20ClN5/c1-13-5-7-14(8-6-13)11-26-12-23-20-19(26)18(24-17(10-22)25-20)15-3-2-4-16(21)9-15/h2-4,9,12-14H,5-8,11H2,1H3/t13-,14-. The van der Waals surface area contributed by atoms with Crippen molar-refractivity contribution in [1.82, 2.24) is 19.5 Å². The highest BCUT2D eigenvalue weighted by molar-refractivity contribution is 6.30. The highest BCUT2D eigenvalue weighted by Crippen LogP contribution is 2.32. The van der Waals surface area contributed by atoms with Gasteiger partial charge < -0.3 is 4.57 Å². The fraction of sp³-hybridized carbons (Fsp3) is 0.400. The Kier molecular flexibility index (Phi) is 4.60. The second-order valence-corrected chi connectivity index (χ2v) is 7.65. The van der Waals surface area contributed by atoms with Gasteiger partial charge in [0.05, 0.1) is 6.33 Å². The molecule has 0 N–H and O–H groups in total. The number of nitriles is 1. The second-order valence-electron chi connectivity index (χ2n) is 7.21. The van der Waals surface area contributed by atoms with Crippen LogP contribution in [0.5, 0.6) is 0 Å². The van der Waals surface area contributed by atoms with Crippen molar-refractivity contribution in [2.24, 2.45) is 11.8 Å². The maximum absolute atomic E-state index is 9.28. The summed E-state index contributed by atoms with van der Waals surface area (Å²) >= 11 is 6.17. The highest BCUT2D eigenvalue weighted by atomic mass is 35.5. The molecule has 5 nitrogen and oxygen atoms in total. The molecule has 132 valence electrons. The zero-order chi connectivity index (χ0) is 18.1. The predicted octanol–water partition coefficient (Wildman–Crippen LogP) is 4.84. The third-order valence-electron chi connectivity index (χ3n) is 5.26. The normalized spacial score (nSPS) is 20.2.